The average Bonchev–Trinajstić information content (AvgIpc) is 3.02. The Labute approximate surface area is 148 Å². The van der Waals surface area contributed by atoms with Crippen molar-refractivity contribution >= 4 is 34.7 Å². The number of thiazole rings is 1. The number of carbonyl (C=O) groups is 1. The van der Waals surface area contributed by atoms with Gasteiger partial charge in [0.05, 0.1) is 12.1 Å². The van der Waals surface area contributed by atoms with Crippen molar-refractivity contribution in [3.63, 3.8) is 0 Å². The summed E-state index contributed by atoms with van der Waals surface area (Å²) in [5, 5.41) is 4.70. The molecule has 6 heteroatoms. The van der Waals surface area contributed by atoms with Crippen molar-refractivity contribution in [2.45, 2.75) is 16.5 Å². The number of amides is 1. The molecule has 1 amide bonds. The van der Waals surface area contributed by atoms with Crippen LogP contribution >= 0.6 is 23.1 Å². The van der Waals surface area contributed by atoms with Crippen LogP contribution in [0.15, 0.2) is 64.3 Å². The van der Waals surface area contributed by atoms with Gasteiger partial charge in [0.2, 0.25) is 5.91 Å². The van der Waals surface area contributed by atoms with Gasteiger partial charge in [-0.05, 0) is 23.8 Å². The summed E-state index contributed by atoms with van der Waals surface area (Å²) in [6, 6.07) is 16.0. The van der Waals surface area contributed by atoms with Crippen LogP contribution in [0.2, 0.25) is 0 Å². The number of benzene rings is 2. The molecule has 3 nitrogen and oxygen atoms in total. The lowest BCUT2D eigenvalue weighted by Crippen LogP contribution is -2.14. The number of aromatic nitrogens is 1. The molecule has 0 spiro atoms. The molecule has 0 aliphatic carbocycles. The molecule has 122 valence electrons. The number of rotatable bonds is 6. The van der Waals surface area contributed by atoms with E-state index in [2.05, 4.69) is 10.3 Å². The Morgan fingerprint density at radius 1 is 1.12 bits per heavy atom. The average molecular weight is 358 g/mol. The van der Waals surface area contributed by atoms with E-state index in [0.29, 0.717) is 11.3 Å². The molecule has 2 aromatic carbocycles. The van der Waals surface area contributed by atoms with E-state index < -0.39 is 0 Å². The van der Waals surface area contributed by atoms with Crippen LogP contribution < -0.4 is 5.32 Å². The van der Waals surface area contributed by atoms with E-state index in [1.807, 2.05) is 41.8 Å². The fraction of sp³-hybridized carbons (Fsp3) is 0.111. The van der Waals surface area contributed by atoms with Crippen molar-refractivity contribution in [3.05, 3.63) is 77.1 Å². The minimum Gasteiger partial charge on any atom is -0.326 e. The Balaban J connectivity index is 1.54. The van der Waals surface area contributed by atoms with E-state index in [9.17, 15) is 9.18 Å². The summed E-state index contributed by atoms with van der Waals surface area (Å²) < 4.78 is 14.4. The zero-order valence-electron chi connectivity index (χ0n) is 12.7. The number of nitrogens with one attached hydrogen (secondary N) is 1. The number of thioether (sulfide) groups is 1. The molecule has 0 bridgehead atoms. The van der Waals surface area contributed by atoms with Crippen LogP contribution in [-0.2, 0) is 17.0 Å². The fourth-order valence-corrected chi connectivity index (χ4v) is 3.91. The quantitative estimate of drug-likeness (QED) is 0.646. The second kappa shape index (κ2) is 8.08. The SMILES string of the molecule is O=C(Cc1csc(SCc2ccccc2F)n1)Nc1ccccc1. The molecule has 3 aromatic rings. The van der Waals surface area contributed by atoms with Gasteiger partial charge in [0.25, 0.3) is 0 Å². The molecule has 1 aromatic heterocycles. The summed E-state index contributed by atoms with van der Waals surface area (Å²) >= 11 is 2.95. The molecule has 0 radical (unpaired) electrons. The zero-order valence-corrected chi connectivity index (χ0v) is 14.4. The largest absolute Gasteiger partial charge is 0.326 e. The Bertz CT molecular complexity index is 821. The Kier molecular flexibility index (Phi) is 5.61. The van der Waals surface area contributed by atoms with Gasteiger partial charge in [-0.1, -0.05) is 48.2 Å². The van der Waals surface area contributed by atoms with E-state index in [0.717, 1.165) is 15.7 Å². The predicted octanol–water partition coefficient (Wildman–Crippen LogP) is 4.76. The normalized spacial score (nSPS) is 10.5. The molecule has 3 rings (SSSR count). The molecule has 1 N–H and O–H groups in total. The third-order valence-corrected chi connectivity index (χ3v) is 5.36. The molecule has 0 aliphatic rings. The smallest absolute Gasteiger partial charge is 0.230 e. The summed E-state index contributed by atoms with van der Waals surface area (Å²) in [6.45, 7) is 0. The first-order valence-corrected chi connectivity index (χ1v) is 9.23. The minimum atomic E-state index is -0.205. The van der Waals surface area contributed by atoms with Crippen LogP contribution in [-0.4, -0.2) is 10.9 Å². The van der Waals surface area contributed by atoms with E-state index in [4.69, 9.17) is 0 Å². The Hall–Kier alpha value is -2.18. The summed E-state index contributed by atoms with van der Waals surface area (Å²) in [6.07, 6.45) is 0.228. The maximum atomic E-state index is 13.6. The second-order valence-corrected chi connectivity index (χ2v) is 7.16. The first kappa shape index (κ1) is 16.7. The van der Waals surface area contributed by atoms with Crippen molar-refractivity contribution in [1.82, 2.24) is 4.98 Å². The Morgan fingerprint density at radius 2 is 1.88 bits per heavy atom. The molecular weight excluding hydrogens is 343 g/mol. The maximum absolute atomic E-state index is 13.6. The van der Waals surface area contributed by atoms with Crippen LogP contribution in [0, 0.1) is 5.82 Å². The minimum absolute atomic E-state index is 0.0999. The third kappa shape index (κ3) is 4.66. The van der Waals surface area contributed by atoms with Crippen LogP contribution in [0.1, 0.15) is 11.3 Å². The zero-order chi connectivity index (χ0) is 16.8. The van der Waals surface area contributed by atoms with Gasteiger partial charge in [0.15, 0.2) is 0 Å². The van der Waals surface area contributed by atoms with Gasteiger partial charge in [-0.15, -0.1) is 11.3 Å². The number of hydrogen-bond donors (Lipinski definition) is 1. The van der Waals surface area contributed by atoms with Gasteiger partial charge in [-0.2, -0.15) is 0 Å². The molecule has 0 unspecified atom stereocenters. The standard InChI is InChI=1S/C18H15FN2OS2/c19-16-9-5-4-6-13(16)11-23-18-21-15(12-24-18)10-17(22)20-14-7-2-1-3-8-14/h1-9,12H,10-11H2,(H,20,22). The number of halogens is 1. The van der Waals surface area contributed by atoms with E-state index in [1.165, 1.54) is 29.2 Å². The summed E-state index contributed by atoms with van der Waals surface area (Å²) in [5.41, 5.74) is 2.15. The number of carbonyl (C=O) groups excluding carboxylic acids is 1. The Morgan fingerprint density at radius 3 is 2.67 bits per heavy atom. The van der Waals surface area contributed by atoms with Crippen LogP contribution in [0.3, 0.4) is 0 Å². The van der Waals surface area contributed by atoms with Crippen molar-refractivity contribution in [2.75, 3.05) is 5.32 Å². The molecule has 0 aliphatic heterocycles. The summed E-state index contributed by atoms with van der Waals surface area (Å²) in [5.74, 6) is 0.219. The fourth-order valence-electron chi connectivity index (χ4n) is 2.08. The lowest BCUT2D eigenvalue weighted by molar-refractivity contribution is -0.115. The monoisotopic (exact) mass is 358 g/mol. The van der Waals surface area contributed by atoms with Crippen molar-refractivity contribution < 1.29 is 9.18 Å². The van der Waals surface area contributed by atoms with E-state index in [1.54, 1.807) is 12.1 Å². The third-order valence-electron chi connectivity index (χ3n) is 3.24. The highest BCUT2D eigenvalue weighted by Gasteiger charge is 2.09. The number of para-hydroxylation sites is 1. The van der Waals surface area contributed by atoms with E-state index >= 15 is 0 Å². The van der Waals surface area contributed by atoms with Crippen molar-refractivity contribution in [3.8, 4) is 0 Å². The lowest BCUT2D eigenvalue weighted by atomic mass is 10.2. The number of nitrogens with zero attached hydrogens (tertiary/aromatic N) is 1. The lowest BCUT2D eigenvalue weighted by Gasteiger charge is -2.03. The predicted molar refractivity (Wildman–Crippen MR) is 96.9 cm³/mol. The van der Waals surface area contributed by atoms with Crippen molar-refractivity contribution in [1.29, 1.82) is 0 Å². The molecule has 1 heterocycles. The molecular formula is C18H15FN2OS2. The molecule has 0 atom stereocenters. The van der Waals surface area contributed by atoms with Gasteiger partial charge in [-0.3, -0.25) is 4.79 Å². The highest BCUT2D eigenvalue weighted by molar-refractivity contribution is 8.00. The van der Waals surface area contributed by atoms with E-state index in [-0.39, 0.29) is 18.1 Å². The van der Waals surface area contributed by atoms with Gasteiger partial charge < -0.3 is 5.32 Å². The molecule has 24 heavy (non-hydrogen) atoms. The second-order valence-electron chi connectivity index (χ2n) is 5.08. The van der Waals surface area contributed by atoms with Gasteiger partial charge >= 0.3 is 0 Å². The summed E-state index contributed by atoms with van der Waals surface area (Å²) in [4.78, 5) is 16.4. The highest BCUT2D eigenvalue weighted by Crippen LogP contribution is 2.27. The van der Waals surface area contributed by atoms with Gasteiger partial charge in [-0.25, -0.2) is 9.37 Å². The molecule has 0 saturated carbocycles. The van der Waals surface area contributed by atoms with Crippen molar-refractivity contribution in [2.24, 2.45) is 0 Å². The highest BCUT2D eigenvalue weighted by atomic mass is 32.2. The topological polar surface area (TPSA) is 42.0 Å². The first-order chi connectivity index (χ1) is 11.7. The van der Waals surface area contributed by atoms with Gasteiger partial charge in [0.1, 0.15) is 10.2 Å². The van der Waals surface area contributed by atoms with Crippen LogP contribution in [0.5, 0.6) is 0 Å². The number of anilines is 1. The summed E-state index contributed by atoms with van der Waals surface area (Å²) in [7, 11) is 0. The molecule has 0 fully saturated rings. The van der Waals surface area contributed by atoms with Gasteiger partial charge in [0, 0.05) is 16.8 Å². The first-order valence-electron chi connectivity index (χ1n) is 7.36. The molecule has 0 saturated heterocycles. The number of hydrogen-bond acceptors (Lipinski definition) is 4. The van der Waals surface area contributed by atoms with Crippen LogP contribution in [0.4, 0.5) is 10.1 Å². The van der Waals surface area contributed by atoms with Crippen LogP contribution in [0.25, 0.3) is 0 Å². The maximum Gasteiger partial charge on any atom is 0.230 e.